The second-order valence-electron chi connectivity index (χ2n) is 6.44. The van der Waals surface area contributed by atoms with Gasteiger partial charge in [-0.1, -0.05) is 31.7 Å². The highest BCUT2D eigenvalue weighted by Gasteiger charge is 2.35. The first kappa shape index (κ1) is 16.4. The lowest BCUT2D eigenvalue weighted by molar-refractivity contribution is -0.276. The normalized spacial score (nSPS) is 19.7. The highest BCUT2D eigenvalue weighted by molar-refractivity contribution is 5.45. The third kappa shape index (κ3) is 4.09. The molecule has 0 unspecified atom stereocenters. The second kappa shape index (κ2) is 6.57. The molecule has 0 atom stereocenters. The molecule has 2 saturated carbocycles. The molecule has 2 nitrogen and oxygen atoms in total. The lowest BCUT2D eigenvalue weighted by Gasteiger charge is -2.28. The first-order valence-electron chi connectivity index (χ1n) is 8.16. The van der Waals surface area contributed by atoms with Crippen molar-refractivity contribution in [3.8, 4) is 11.5 Å². The molecule has 0 spiro atoms. The molecule has 2 aliphatic carbocycles. The van der Waals surface area contributed by atoms with E-state index in [1.54, 1.807) is 0 Å². The van der Waals surface area contributed by atoms with Crippen molar-refractivity contribution in [1.82, 2.24) is 0 Å². The summed E-state index contributed by atoms with van der Waals surface area (Å²) in [5.41, 5.74) is 0.275. The fourth-order valence-corrected chi connectivity index (χ4v) is 3.23. The van der Waals surface area contributed by atoms with E-state index in [0.29, 0.717) is 12.3 Å². The quantitative estimate of drug-likeness (QED) is 0.673. The van der Waals surface area contributed by atoms with Gasteiger partial charge in [-0.15, -0.1) is 13.2 Å². The minimum Gasteiger partial charge on any atom is -0.486 e. The predicted molar refractivity (Wildman–Crippen MR) is 77.0 cm³/mol. The zero-order chi connectivity index (χ0) is 16.4. The van der Waals surface area contributed by atoms with Gasteiger partial charge in [-0.05, 0) is 43.2 Å². The highest BCUT2D eigenvalue weighted by Crippen LogP contribution is 2.40. The Morgan fingerprint density at radius 2 is 1.70 bits per heavy atom. The van der Waals surface area contributed by atoms with Crippen LogP contribution in [0.2, 0.25) is 0 Å². The van der Waals surface area contributed by atoms with E-state index >= 15 is 0 Å². The van der Waals surface area contributed by atoms with Gasteiger partial charge in [0.1, 0.15) is 0 Å². The Morgan fingerprint density at radius 1 is 1.00 bits per heavy atom. The first-order chi connectivity index (χ1) is 10.9. The van der Waals surface area contributed by atoms with Crippen LogP contribution >= 0.6 is 0 Å². The Hall–Kier alpha value is -1.46. The molecule has 0 radical (unpaired) electrons. The Morgan fingerprint density at radius 3 is 2.26 bits per heavy atom. The summed E-state index contributed by atoms with van der Waals surface area (Å²) in [6.45, 7) is 0. The number of alkyl halides is 3. The van der Waals surface area contributed by atoms with E-state index in [4.69, 9.17) is 4.74 Å². The smallest absolute Gasteiger partial charge is 0.486 e. The SMILES string of the molecule is Fc1c(CC2CCCC2)ccc(OC2CCC2)c1OC(F)(F)F. The summed E-state index contributed by atoms with van der Waals surface area (Å²) < 4.78 is 61.9. The molecule has 0 bridgehead atoms. The standard InChI is InChI=1S/C17H20F4O2/c18-15-12(10-11-4-1-2-5-11)8-9-14(22-13-6-3-7-13)16(15)23-17(19,20)21/h8-9,11,13H,1-7,10H2. The van der Waals surface area contributed by atoms with Crippen LogP contribution in [0.4, 0.5) is 17.6 Å². The summed E-state index contributed by atoms with van der Waals surface area (Å²) in [6.07, 6.45) is 2.07. The summed E-state index contributed by atoms with van der Waals surface area (Å²) in [6, 6.07) is 2.94. The predicted octanol–water partition coefficient (Wildman–Crippen LogP) is 5.39. The van der Waals surface area contributed by atoms with Crippen molar-refractivity contribution in [2.45, 2.75) is 63.8 Å². The van der Waals surface area contributed by atoms with Crippen LogP contribution in [0.15, 0.2) is 12.1 Å². The van der Waals surface area contributed by atoms with E-state index < -0.39 is 17.9 Å². The van der Waals surface area contributed by atoms with Crippen molar-refractivity contribution in [2.75, 3.05) is 0 Å². The molecule has 0 aromatic heterocycles. The molecule has 0 N–H and O–H groups in total. The average molecular weight is 332 g/mol. The molecule has 1 aromatic rings. The van der Waals surface area contributed by atoms with Gasteiger partial charge < -0.3 is 9.47 Å². The number of hydrogen-bond donors (Lipinski definition) is 0. The van der Waals surface area contributed by atoms with E-state index in [1.807, 2.05) is 0 Å². The number of hydrogen-bond acceptors (Lipinski definition) is 2. The molecule has 0 aliphatic heterocycles. The van der Waals surface area contributed by atoms with Gasteiger partial charge in [-0.2, -0.15) is 0 Å². The lowest BCUT2D eigenvalue weighted by atomic mass is 9.95. The zero-order valence-electron chi connectivity index (χ0n) is 12.8. The maximum atomic E-state index is 14.6. The van der Waals surface area contributed by atoms with Gasteiger partial charge in [0, 0.05) is 0 Å². The Labute approximate surface area is 132 Å². The Bertz CT molecular complexity index is 546. The summed E-state index contributed by atoms with van der Waals surface area (Å²) in [5.74, 6) is -1.58. The summed E-state index contributed by atoms with van der Waals surface area (Å²) >= 11 is 0. The van der Waals surface area contributed by atoms with Gasteiger partial charge in [0.25, 0.3) is 0 Å². The largest absolute Gasteiger partial charge is 0.573 e. The third-order valence-electron chi connectivity index (χ3n) is 4.69. The van der Waals surface area contributed by atoms with Gasteiger partial charge >= 0.3 is 6.36 Å². The maximum absolute atomic E-state index is 14.6. The van der Waals surface area contributed by atoms with Crippen molar-refractivity contribution < 1.29 is 27.0 Å². The van der Waals surface area contributed by atoms with Gasteiger partial charge in [0.05, 0.1) is 6.10 Å². The van der Waals surface area contributed by atoms with Crippen molar-refractivity contribution >= 4 is 0 Å². The minimum absolute atomic E-state index is 0.148. The molecule has 0 saturated heterocycles. The van der Waals surface area contributed by atoms with Crippen LogP contribution < -0.4 is 9.47 Å². The molecular formula is C17H20F4O2. The number of halogens is 4. The summed E-state index contributed by atoms with van der Waals surface area (Å²) in [7, 11) is 0. The van der Waals surface area contributed by atoms with E-state index in [-0.39, 0.29) is 17.4 Å². The van der Waals surface area contributed by atoms with Crippen molar-refractivity contribution in [3.05, 3.63) is 23.5 Å². The van der Waals surface area contributed by atoms with Crippen LogP contribution in [0.3, 0.4) is 0 Å². The van der Waals surface area contributed by atoms with Crippen LogP contribution in [-0.4, -0.2) is 12.5 Å². The van der Waals surface area contributed by atoms with Crippen molar-refractivity contribution in [3.63, 3.8) is 0 Å². The maximum Gasteiger partial charge on any atom is 0.573 e. The third-order valence-corrected chi connectivity index (χ3v) is 4.69. The molecular weight excluding hydrogens is 312 g/mol. The molecule has 2 fully saturated rings. The Balaban J connectivity index is 1.84. The first-order valence-corrected chi connectivity index (χ1v) is 8.16. The Kier molecular flexibility index (Phi) is 4.69. The van der Waals surface area contributed by atoms with Crippen molar-refractivity contribution in [2.24, 2.45) is 5.92 Å². The zero-order valence-corrected chi connectivity index (χ0v) is 12.8. The summed E-state index contributed by atoms with van der Waals surface area (Å²) in [5, 5.41) is 0. The molecule has 0 heterocycles. The summed E-state index contributed by atoms with van der Waals surface area (Å²) in [4.78, 5) is 0. The average Bonchev–Trinajstić information content (AvgIpc) is 2.92. The van der Waals surface area contributed by atoms with Gasteiger partial charge in [0.2, 0.25) is 5.75 Å². The fraction of sp³-hybridized carbons (Fsp3) is 0.647. The van der Waals surface area contributed by atoms with Gasteiger partial charge in [-0.25, -0.2) is 4.39 Å². The molecule has 6 heteroatoms. The molecule has 2 aliphatic rings. The number of rotatable bonds is 5. The van der Waals surface area contributed by atoms with Crippen LogP contribution in [-0.2, 0) is 6.42 Å². The minimum atomic E-state index is -4.94. The van der Waals surface area contributed by atoms with Crippen LogP contribution in [0, 0.1) is 11.7 Å². The number of ether oxygens (including phenoxy) is 2. The van der Waals surface area contributed by atoms with E-state index in [2.05, 4.69) is 4.74 Å². The topological polar surface area (TPSA) is 18.5 Å². The van der Waals surface area contributed by atoms with E-state index in [1.165, 1.54) is 12.1 Å². The molecule has 0 amide bonds. The lowest BCUT2D eigenvalue weighted by Crippen LogP contribution is -2.26. The second-order valence-corrected chi connectivity index (χ2v) is 6.44. The molecule has 3 rings (SSSR count). The van der Waals surface area contributed by atoms with Crippen LogP contribution in [0.1, 0.15) is 50.5 Å². The molecule has 1 aromatic carbocycles. The van der Waals surface area contributed by atoms with Crippen molar-refractivity contribution in [1.29, 1.82) is 0 Å². The van der Waals surface area contributed by atoms with Gasteiger partial charge in [-0.3, -0.25) is 0 Å². The van der Waals surface area contributed by atoms with Gasteiger partial charge in [0.15, 0.2) is 11.6 Å². The van der Waals surface area contributed by atoms with E-state index in [0.717, 1.165) is 44.9 Å². The molecule has 23 heavy (non-hydrogen) atoms. The monoisotopic (exact) mass is 332 g/mol. The fourth-order valence-electron chi connectivity index (χ4n) is 3.23. The molecule has 128 valence electrons. The van der Waals surface area contributed by atoms with Crippen LogP contribution in [0.25, 0.3) is 0 Å². The van der Waals surface area contributed by atoms with Crippen LogP contribution in [0.5, 0.6) is 11.5 Å². The highest BCUT2D eigenvalue weighted by atomic mass is 19.4. The number of benzene rings is 1. The van der Waals surface area contributed by atoms with E-state index in [9.17, 15) is 17.6 Å².